The molecule has 0 aliphatic rings. The van der Waals surface area contributed by atoms with Crippen molar-refractivity contribution in [1.29, 1.82) is 0 Å². The molecule has 3 rings (SSSR count). The molecule has 2 aromatic heterocycles. The number of hydrogen-bond donors (Lipinski definition) is 2. The van der Waals surface area contributed by atoms with Gasteiger partial charge >= 0.3 is 0 Å². The van der Waals surface area contributed by atoms with Crippen molar-refractivity contribution in [1.82, 2.24) is 25.4 Å². The normalized spacial score (nSPS) is 10.4. The zero-order valence-electron chi connectivity index (χ0n) is 15.1. The minimum Gasteiger partial charge on any atom is -0.352 e. The van der Waals surface area contributed by atoms with Crippen LogP contribution >= 0.6 is 0 Å². The predicted octanol–water partition coefficient (Wildman–Crippen LogP) is 1.88. The Balaban J connectivity index is 1.68. The Hall–Kier alpha value is -3.48. The molecule has 0 atom stereocenters. The highest BCUT2D eigenvalue weighted by molar-refractivity contribution is 5.97. The summed E-state index contributed by atoms with van der Waals surface area (Å²) >= 11 is 0. The fourth-order valence-corrected chi connectivity index (χ4v) is 2.64. The molecule has 7 nitrogen and oxygen atoms in total. The largest absolute Gasteiger partial charge is 0.352 e. The lowest BCUT2D eigenvalue weighted by Gasteiger charge is -2.10. The van der Waals surface area contributed by atoms with Crippen molar-refractivity contribution in [2.24, 2.45) is 0 Å². The number of rotatable bonds is 7. The lowest BCUT2D eigenvalue weighted by molar-refractivity contribution is -0.119. The van der Waals surface area contributed by atoms with E-state index >= 15 is 0 Å². The van der Waals surface area contributed by atoms with E-state index in [0.717, 1.165) is 17.5 Å². The van der Waals surface area contributed by atoms with E-state index in [1.54, 1.807) is 35.5 Å². The Bertz CT molecular complexity index is 921. The van der Waals surface area contributed by atoms with E-state index in [9.17, 15) is 9.59 Å². The number of carbonyl (C=O) groups excluding carboxylic acids is 2. The van der Waals surface area contributed by atoms with E-state index in [2.05, 4.69) is 20.7 Å². The number of aromatic nitrogens is 3. The van der Waals surface area contributed by atoms with Crippen molar-refractivity contribution in [3.63, 3.8) is 0 Å². The molecule has 0 fully saturated rings. The first-order chi connectivity index (χ1) is 13.1. The van der Waals surface area contributed by atoms with E-state index in [1.165, 1.54) is 6.92 Å². The molecule has 27 heavy (non-hydrogen) atoms. The van der Waals surface area contributed by atoms with Gasteiger partial charge in [-0.2, -0.15) is 5.10 Å². The summed E-state index contributed by atoms with van der Waals surface area (Å²) in [4.78, 5) is 27.7. The summed E-state index contributed by atoms with van der Waals surface area (Å²) in [7, 11) is 0. The topological polar surface area (TPSA) is 88.9 Å². The van der Waals surface area contributed by atoms with Gasteiger partial charge in [0.05, 0.1) is 17.4 Å². The number of nitrogens with zero attached hydrogens (tertiary/aromatic N) is 3. The molecule has 0 bridgehead atoms. The van der Waals surface area contributed by atoms with E-state index in [-0.39, 0.29) is 11.8 Å². The van der Waals surface area contributed by atoms with Crippen LogP contribution in [0.15, 0.2) is 61.2 Å². The quantitative estimate of drug-likeness (QED) is 0.671. The van der Waals surface area contributed by atoms with Crippen LogP contribution in [0.25, 0.3) is 5.69 Å². The minimum atomic E-state index is -0.154. The first-order valence-corrected chi connectivity index (χ1v) is 8.68. The molecule has 7 heteroatoms. The molecule has 1 aromatic carbocycles. The van der Waals surface area contributed by atoms with Crippen LogP contribution in [0.5, 0.6) is 0 Å². The Labute approximate surface area is 157 Å². The number of benzene rings is 1. The maximum absolute atomic E-state index is 12.6. The minimum absolute atomic E-state index is 0.100. The van der Waals surface area contributed by atoms with Gasteiger partial charge in [0.1, 0.15) is 0 Å². The Kier molecular flexibility index (Phi) is 5.94. The third-order valence-electron chi connectivity index (χ3n) is 4.02. The fourth-order valence-electron chi connectivity index (χ4n) is 2.64. The second-order valence-corrected chi connectivity index (χ2v) is 6.08. The zero-order chi connectivity index (χ0) is 19.1. The predicted molar refractivity (Wildman–Crippen MR) is 101 cm³/mol. The number of para-hydroxylation sites is 1. The third-order valence-corrected chi connectivity index (χ3v) is 4.02. The molecule has 2 heterocycles. The summed E-state index contributed by atoms with van der Waals surface area (Å²) < 4.78 is 1.65. The maximum Gasteiger partial charge on any atom is 0.253 e. The Morgan fingerprint density at radius 2 is 1.81 bits per heavy atom. The van der Waals surface area contributed by atoms with Crippen molar-refractivity contribution < 1.29 is 9.59 Å². The zero-order valence-corrected chi connectivity index (χ0v) is 15.1. The monoisotopic (exact) mass is 363 g/mol. The first kappa shape index (κ1) is 18.3. The van der Waals surface area contributed by atoms with Gasteiger partial charge in [-0.15, -0.1) is 0 Å². The summed E-state index contributed by atoms with van der Waals surface area (Å²) in [6, 6.07) is 11.2. The summed E-state index contributed by atoms with van der Waals surface area (Å²) in [6.45, 7) is 2.40. The van der Waals surface area contributed by atoms with E-state index in [1.807, 2.05) is 30.3 Å². The van der Waals surface area contributed by atoms with Gasteiger partial charge in [-0.3, -0.25) is 14.6 Å². The molecule has 0 spiro atoms. The highest BCUT2D eigenvalue weighted by atomic mass is 16.2. The lowest BCUT2D eigenvalue weighted by atomic mass is 10.1. The average Bonchev–Trinajstić information content (AvgIpc) is 3.16. The van der Waals surface area contributed by atoms with Crippen molar-refractivity contribution >= 4 is 11.8 Å². The van der Waals surface area contributed by atoms with Gasteiger partial charge in [0.25, 0.3) is 5.91 Å². The number of nitrogens with one attached hydrogen (secondary N) is 2. The van der Waals surface area contributed by atoms with E-state index < -0.39 is 0 Å². The van der Waals surface area contributed by atoms with Gasteiger partial charge in [0.2, 0.25) is 5.91 Å². The average molecular weight is 363 g/mol. The molecule has 138 valence electrons. The number of pyridine rings is 1. The van der Waals surface area contributed by atoms with Crippen LogP contribution in [0.4, 0.5) is 0 Å². The summed E-state index contributed by atoms with van der Waals surface area (Å²) in [6.07, 6.45) is 7.69. The van der Waals surface area contributed by atoms with Gasteiger partial charge in [0, 0.05) is 44.2 Å². The van der Waals surface area contributed by atoms with Crippen LogP contribution in [0.1, 0.15) is 28.4 Å². The molecular formula is C20H21N5O2. The highest BCUT2D eigenvalue weighted by Gasteiger charge is 2.13. The van der Waals surface area contributed by atoms with Crippen LogP contribution in [0.2, 0.25) is 0 Å². The summed E-state index contributed by atoms with van der Waals surface area (Å²) in [5.74, 6) is -0.254. The van der Waals surface area contributed by atoms with Gasteiger partial charge in [-0.05, 0) is 36.2 Å². The van der Waals surface area contributed by atoms with E-state index in [0.29, 0.717) is 24.3 Å². The molecule has 0 unspecified atom stereocenters. The van der Waals surface area contributed by atoms with Crippen molar-refractivity contribution in [3.05, 3.63) is 77.9 Å². The van der Waals surface area contributed by atoms with E-state index in [4.69, 9.17) is 0 Å². The maximum atomic E-state index is 12.6. The Morgan fingerprint density at radius 1 is 1.04 bits per heavy atom. The summed E-state index contributed by atoms with van der Waals surface area (Å²) in [5, 5.41) is 9.99. The molecule has 0 aliphatic heterocycles. The van der Waals surface area contributed by atoms with Gasteiger partial charge in [0.15, 0.2) is 0 Å². The summed E-state index contributed by atoms with van der Waals surface area (Å²) in [5.41, 5.74) is 3.21. The Morgan fingerprint density at radius 3 is 2.59 bits per heavy atom. The molecule has 0 saturated carbocycles. The second kappa shape index (κ2) is 8.75. The molecule has 2 N–H and O–H groups in total. The number of carbonyl (C=O) groups is 2. The van der Waals surface area contributed by atoms with Crippen LogP contribution in [-0.2, 0) is 17.8 Å². The van der Waals surface area contributed by atoms with Crippen LogP contribution in [0.3, 0.4) is 0 Å². The molecule has 0 radical (unpaired) electrons. The standard InChI is InChI=1S/C20H21N5O2/c1-15(26)23-12-17-13-24-25(14-17)19-5-3-2-4-18(19)20(27)22-11-8-16-6-9-21-10-7-16/h2-7,9-10,13-14H,8,11-12H2,1H3,(H,22,27)(H,23,26). The smallest absolute Gasteiger partial charge is 0.253 e. The van der Waals surface area contributed by atoms with Crippen molar-refractivity contribution in [2.75, 3.05) is 6.54 Å². The second-order valence-electron chi connectivity index (χ2n) is 6.08. The molecule has 0 saturated heterocycles. The van der Waals surface area contributed by atoms with Crippen LogP contribution in [-0.4, -0.2) is 33.1 Å². The molecule has 0 aliphatic carbocycles. The van der Waals surface area contributed by atoms with Crippen LogP contribution in [0, 0.1) is 0 Å². The van der Waals surface area contributed by atoms with Gasteiger partial charge < -0.3 is 10.6 Å². The van der Waals surface area contributed by atoms with Gasteiger partial charge in [-0.25, -0.2) is 4.68 Å². The number of amides is 2. The molecule has 3 aromatic rings. The van der Waals surface area contributed by atoms with Gasteiger partial charge in [-0.1, -0.05) is 12.1 Å². The molecule has 2 amide bonds. The number of hydrogen-bond acceptors (Lipinski definition) is 4. The highest BCUT2D eigenvalue weighted by Crippen LogP contribution is 2.14. The van der Waals surface area contributed by atoms with Crippen molar-refractivity contribution in [2.45, 2.75) is 19.9 Å². The fraction of sp³-hybridized carbons (Fsp3) is 0.200. The lowest BCUT2D eigenvalue weighted by Crippen LogP contribution is -2.26. The molecular weight excluding hydrogens is 342 g/mol. The van der Waals surface area contributed by atoms with Crippen molar-refractivity contribution in [3.8, 4) is 5.69 Å². The first-order valence-electron chi connectivity index (χ1n) is 8.68. The van der Waals surface area contributed by atoms with Crippen LogP contribution < -0.4 is 10.6 Å². The SMILES string of the molecule is CC(=O)NCc1cnn(-c2ccccc2C(=O)NCCc2ccncc2)c1. The third kappa shape index (κ3) is 5.01.